The zero-order chi connectivity index (χ0) is 13.7. The van der Waals surface area contributed by atoms with Gasteiger partial charge in [0.05, 0.1) is 17.3 Å². The Morgan fingerprint density at radius 3 is 2.95 bits per heavy atom. The smallest absolute Gasteiger partial charge is 0.243 e. The van der Waals surface area contributed by atoms with Crippen LogP contribution in [0, 0.1) is 11.3 Å². The lowest BCUT2D eigenvalue weighted by atomic mass is 10.1. The third-order valence-corrected chi connectivity index (χ3v) is 3.57. The molecular formula is C15H19N3O. The molecule has 0 spiro atoms. The lowest BCUT2D eigenvalue weighted by molar-refractivity contribution is -0.120. The monoisotopic (exact) mass is 257 g/mol. The summed E-state index contributed by atoms with van der Waals surface area (Å²) in [7, 11) is 1.74. The van der Waals surface area contributed by atoms with Crippen LogP contribution in [0.2, 0.25) is 0 Å². The Bertz CT molecular complexity index is 484. The third kappa shape index (κ3) is 3.12. The summed E-state index contributed by atoms with van der Waals surface area (Å²) >= 11 is 0. The van der Waals surface area contributed by atoms with Gasteiger partial charge in [0.25, 0.3) is 0 Å². The van der Waals surface area contributed by atoms with E-state index < -0.39 is 0 Å². The minimum atomic E-state index is -0.126. The number of hydrogen-bond donors (Lipinski definition) is 1. The van der Waals surface area contributed by atoms with Crippen molar-refractivity contribution in [1.82, 2.24) is 5.32 Å². The minimum absolute atomic E-state index is 0.0459. The number of carbonyl (C=O) groups is 1. The fraction of sp³-hybridized carbons (Fsp3) is 0.467. The van der Waals surface area contributed by atoms with Crippen molar-refractivity contribution in [2.45, 2.75) is 31.7 Å². The van der Waals surface area contributed by atoms with E-state index in [1.54, 1.807) is 18.0 Å². The van der Waals surface area contributed by atoms with Crippen molar-refractivity contribution in [2.24, 2.45) is 0 Å². The molecule has 1 unspecified atom stereocenters. The highest BCUT2D eigenvalue weighted by Gasteiger charge is 2.24. The van der Waals surface area contributed by atoms with Crippen LogP contribution in [0.3, 0.4) is 0 Å². The first-order chi connectivity index (χ1) is 9.24. The van der Waals surface area contributed by atoms with Gasteiger partial charge in [0.1, 0.15) is 6.07 Å². The topological polar surface area (TPSA) is 56.1 Å². The Hall–Kier alpha value is -1.86. The van der Waals surface area contributed by atoms with Crippen LogP contribution in [0.4, 0.5) is 5.69 Å². The van der Waals surface area contributed by atoms with Gasteiger partial charge >= 0.3 is 0 Å². The van der Waals surface area contributed by atoms with E-state index in [0.29, 0.717) is 11.3 Å². The molecule has 1 aromatic rings. The van der Waals surface area contributed by atoms with Gasteiger partial charge in [-0.2, -0.15) is 5.26 Å². The molecule has 100 valence electrons. The van der Waals surface area contributed by atoms with E-state index >= 15 is 0 Å². The van der Waals surface area contributed by atoms with Crippen LogP contribution in [0.5, 0.6) is 0 Å². The normalized spacial score (nSPS) is 19.3. The van der Waals surface area contributed by atoms with Crippen molar-refractivity contribution in [2.75, 3.05) is 18.5 Å². The summed E-state index contributed by atoms with van der Waals surface area (Å²) in [6, 6.07) is 9.21. The lowest BCUT2D eigenvalue weighted by Crippen LogP contribution is -2.45. The average molecular weight is 257 g/mol. The maximum Gasteiger partial charge on any atom is 0.243 e. The average Bonchev–Trinajstić information content (AvgIpc) is 2.74. The van der Waals surface area contributed by atoms with Crippen LogP contribution in [0.15, 0.2) is 24.3 Å². The van der Waals surface area contributed by atoms with E-state index in [2.05, 4.69) is 11.4 Å². The number of nitriles is 1. The predicted molar refractivity (Wildman–Crippen MR) is 74.8 cm³/mol. The van der Waals surface area contributed by atoms with Gasteiger partial charge in [0.15, 0.2) is 0 Å². The number of likely N-dealkylation sites (N-methyl/N-ethyl adjacent to an activating group) is 1. The molecule has 1 aliphatic rings. The van der Waals surface area contributed by atoms with E-state index in [1.165, 1.54) is 6.42 Å². The van der Waals surface area contributed by atoms with Crippen molar-refractivity contribution < 1.29 is 4.79 Å². The third-order valence-electron chi connectivity index (χ3n) is 3.57. The fourth-order valence-electron chi connectivity index (χ4n) is 2.45. The van der Waals surface area contributed by atoms with E-state index in [9.17, 15) is 4.79 Å². The van der Waals surface area contributed by atoms with Crippen molar-refractivity contribution in [1.29, 1.82) is 5.26 Å². The maximum absolute atomic E-state index is 12.5. The highest BCUT2D eigenvalue weighted by molar-refractivity contribution is 5.97. The Labute approximate surface area is 114 Å². The van der Waals surface area contributed by atoms with E-state index in [4.69, 9.17) is 5.26 Å². The number of nitrogens with one attached hydrogen (secondary N) is 1. The number of benzene rings is 1. The summed E-state index contributed by atoms with van der Waals surface area (Å²) in [5, 5.41) is 12.4. The minimum Gasteiger partial charge on any atom is -0.313 e. The Morgan fingerprint density at radius 2 is 2.16 bits per heavy atom. The molecule has 1 heterocycles. The number of carbonyl (C=O) groups excluding carboxylic acids is 1. The van der Waals surface area contributed by atoms with Crippen molar-refractivity contribution in [3.63, 3.8) is 0 Å². The molecule has 4 heteroatoms. The molecule has 19 heavy (non-hydrogen) atoms. The number of rotatable bonds is 2. The molecule has 1 aromatic carbocycles. The second-order valence-electron chi connectivity index (χ2n) is 4.88. The van der Waals surface area contributed by atoms with Crippen molar-refractivity contribution >= 4 is 11.6 Å². The lowest BCUT2D eigenvalue weighted by Gasteiger charge is -2.24. The molecule has 1 atom stereocenters. The molecule has 0 aromatic heterocycles. The number of para-hydroxylation sites is 1. The van der Waals surface area contributed by atoms with Crippen LogP contribution >= 0.6 is 0 Å². The van der Waals surface area contributed by atoms with Gasteiger partial charge in [0, 0.05) is 7.05 Å². The molecule has 1 saturated heterocycles. The summed E-state index contributed by atoms with van der Waals surface area (Å²) in [5.41, 5.74) is 1.22. The number of amides is 1. The Kier molecular flexibility index (Phi) is 4.53. The first-order valence-electron chi connectivity index (χ1n) is 6.74. The number of hydrogen-bond acceptors (Lipinski definition) is 3. The molecule has 0 radical (unpaired) electrons. The fourth-order valence-corrected chi connectivity index (χ4v) is 2.45. The molecule has 4 nitrogen and oxygen atoms in total. The molecule has 1 aliphatic heterocycles. The number of anilines is 1. The van der Waals surface area contributed by atoms with E-state index in [-0.39, 0.29) is 11.9 Å². The van der Waals surface area contributed by atoms with Crippen molar-refractivity contribution in [3.8, 4) is 6.07 Å². The van der Waals surface area contributed by atoms with Gasteiger partial charge in [-0.25, -0.2) is 0 Å². The molecule has 0 bridgehead atoms. The van der Waals surface area contributed by atoms with E-state index in [1.807, 2.05) is 18.2 Å². The van der Waals surface area contributed by atoms with Gasteiger partial charge in [-0.05, 0) is 31.5 Å². The summed E-state index contributed by atoms with van der Waals surface area (Å²) < 4.78 is 0. The van der Waals surface area contributed by atoms with E-state index in [0.717, 1.165) is 25.8 Å². The van der Waals surface area contributed by atoms with Crippen LogP contribution in [0.1, 0.15) is 31.2 Å². The zero-order valence-electron chi connectivity index (χ0n) is 11.2. The van der Waals surface area contributed by atoms with Crippen LogP contribution in [-0.4, -0.2) is 25.5 Å². The van der Waals surface area contributed by atoms with Crippen LogP contribution < -0.4 is 10.2 Å². The van der Waals surface area contributed by atoms with Crippen LogP contribution in [-0.2, 0) is 4.79 Å². The first kappa shape index (κ1) is 13.6. The first-order valence-corrected chi connectivity index (χ1v) is 6.74. The molecular weight excluding hydrogens is 238 g/mol. The largest absolute Gasteiger partial charge is 0.313 e. The van der Waals surface area contributed by atoms with Gasteiger partial charge in [0.2, 0.25) is 5.91 Å². The molecule has 1 fully saturated rings. The summed E-state index contributed by atoms with van der Waals surface area (Å²) in [6.07, 6.45) is 4.26. The molecule has 1 N–H and O–H groups in total. The zero-order valence-corrected chi connectivity index (χ0v) is 11.2. The molecule has 2 rings (SSSR count). The predicted octanol–water partition coefficient (Wildman–Crippen LogP) is 2.05. The highest BCUT2D eigenvalue weighted by atomic mass is 16.2. The van der Waals surface area contributed by atoms with Gasteiger partial charge in [-0.1, -0.05) is 25.0 Å². The highest BCUT2D eigenvalue weighted by Crippen LogP contribution is 2.20. The second kappa shape index (κ2) is 6.35. The SMILES string of the molecule is CN(C(=O)C1CCCCCN1)c1ccccc1C#N. The quantitative estimate of drug-likeness (QED) is 0.882. The number of nitrogens with zero attached hydrogens (tertiary/aromatic N) is 2. The van der Waals surface area contributed by atoms with Gasteiger partial charge in [-0.15, -0.1) is 0 Å². The van der Waals surface area contributed by atoms with Gasteiger partial charge < -0.3 is 10.2 Å². The summed E-state index contributed by atoms with van der Waals surface area (Å²) in [4.78, 5) is 14.1. The second-order valence-corrected chi connectivity index (χ2v) is 4.88. The van der Waals surface area contributed by atoms with Crippen LogP contribution in [0.25, 0.3) is 0 Å². The van der Waals surface area contributed by atoms with Gasteiger partial charge in [-0.3, -0.25) is 4.79 Å². The Morgan fingerprint density at radius 1 is 1.37 bits per heavy atom. The standard InChI is InChI=1S/C15H19N3O/c1-18(14-9-5-4-7-12(14)11-16)15(19)13-8-3-2-6-10-17-13/h4-5,7,9,13,17H,2-3,6,8,10H2,1H3. The molecule has 0 aliphatic carbocycles. The molecule has 0 saturated carbocycles. The summed E-state index contributed by atoms with van der Waals surface area (Å²) in [5.74, 6) is 0.0459. The maximum atomic E-state index is 12.5. The van der Waals surface area contributed by atoms with Crippen molar-refractivity contribution in [3.05, 3.63) is 29.8 Å². The Balaban J connectivity index is 2.16. The summed E-state index contributed by atoms with van der Waals surface area (Å²) in [6.45, 7) is 0.893. The molecule has 1 amide bonds.